The molecule has 0 heterocycles. The van der Waals surface area contributed by atoms with Gasteiger partial charge in [0, 0.05) is 12.6 Å². The number of hydrogen-bond acceptors (Lipinski definition) is 2. The number of aliphatic carboxylic acids is 1. The fourth-order valence-electron chi connectivity index (χ4n) is 2.04. The van der Waals surface area contributed by atoms with Crippen molar-refractivity contribution < 1.29 is 18.7 Å². The van der Waals surface area contributed by atoms with Crippen molar-refractivity contribution in [2.75, 3.05) is 6.54 Å². The van der Waals surface area contributed by atoms with Crippen LogP contribution in [0.2, 0.25) is 0 Å². The van der Waals surface area contributed by atoms with Crippen LogP contribution in [-0.4, -0.2) is 23.7 Å². The van der Waals surface area contributed by atoms with Gasteiger partial charge in [0.15, 0.2) is 0 Å². The molecule has 1 aromatic carbocycles. The number of carboxylic acid groups (broad SMARTS) is 1. The van der Waals surface area contributed by atoms with E-state index in [0.717, 1.165) is 6.07 Å². The Bertz CT molecular complexity index is 443. The van der Waals surface area contributed by atoms with Gasteiger partial charge >= 0.3 is 5.97 Å². The van der Waals surface area contributed by atoms with Crippen molar-refractivity contribution in [1.29, 1.82) is 0 Å². The molecule has 2 N–H and O–H groups in total. The van der Waals surface area contributed by atoms with E-state index in [4.69, 9.17) is 5.11 Å². The maximum Gasteiger partial charge on any atom is 0.320 e. The van der Waals surface area contributed by atoms with Crippen LogP contribution in [0.15, 0.2) is 18.2 Å². The first-order valence-corrected chi connectivity index (χ1v) is 6.71. The molecule has 0 radical (unpaired) electrons. The third-order valence-corrected chi connectivity index (χ3v) is 3.13. The Morgan fingerprint density at radius 2 is 1.75 bits per heavy atom. The van der Waals surface area contributed by atoms with E-state index in [1.165, 1.54) is 12.1 Å². The second-order valence-electron chi connectivity index (χ2n) is 5.53. The summed E-state index contributed by atoms with van der Waals surface area (Å²) in [5.74, 6) is -2.07. The second kappa shape index (κ2) is 7.33. The van der Waals surface area contributed by atoms with Gasteiger partial charge in [-0.15, -0.1) is 0 Å². The summed E-state index contributed by atoms with van der Waals surface area (Å²) < 4.78 is 26.3. The Hall–Kier alpha value is -1.49. The van der Waals surface area contributed by atoms with Crippen molar-refractivity contribution in [1.82, 2.24) is 5.32 Å². The SMILES string of the molecule is CC(C)CC(NCC(C)c1cc(F)cc(F)c1)C(=O)O. The van der Waals surface area contributed by atoms with Crippen LogP contribution >= 0.6 is 0 Å². The van der Waals surface area contributed by atoms with E-state index in [9.17, 15) is 13.6 Å². The maximum atomic E-state index is 13.1. The summed E-state index contributed by atoms with van der Waals surface area (Å²) in [5, 5.41) is 12.1. The Kier molecular flexibility index (Phi) is 6.07. The van der Waals surface area contributed by atoms with Gasteiger partial charge in [-0.2, -0.15) is 0 Å². The van der Waals surface area contributed by atoms with Crippen molar-refractivity contribution >= 4 is 5.97 Å². The molecule has 2 unspecified atom stereocenters. The molecule has 0 bridgehead atoms. The van der Waals surface area contributed by atoms with Crippen molar-refractivity contribution in [2.24, 2.45) is 5.92 Å². The third kappa shape index (κ3) is 5.25. The van der Waals surface area contributed by atoms with Gasteiger partial charge in [0.1, 0.15) is 17.7 Å². The molecule has 0 saturated carbocycles. The standard InChI is InChI=1S/C15H21F2NO2/c1-9(2)4-14(15(19)20)18-8-10(3)11-5-12(16)7-13(17)6-11/h5-7,9-10,14,18H,4,8H2,1-3H3,(H,19,20). The third-order valence-electron chi connectivity index (χ3n) is 3.13. The lowest BCUT2D eigenvalue weighted by atomic mass is 9.99. The van der Waals surface area contributed by atoms with Gasteiger partial charge in [0.2, 0.25) is 0 Å². The summed E-state index contributed by atoms with van der Waals surface area (Å²) in [7, 11) is 0. The van der Waals surface area contributed by atoms with E-state index >= 15 is 0 Å². The predicted octanol–water partition coefficient (Wildman–Crippen LogP) is 3.16. The Morgan fingerprint density at radius 3 is 2.20 bits per heavy atom. The molecule has 0 spiro atoms. The number of carbonyl (C=O) groups is 1. The van der Waals surface area contributed by atoms with E-state index in [2.05, 4.69) is 5.32 Å². The average molecular weight is 285 g/mol. The summed E-state index contributed by atoms with van der Waals surface area (Å²) >= 11 is 0. The predicted molar refractivity (Wildman–Crippen MR) is 73.7 cm³/mol. The van der Waals surface area contributed by atoms with Gasteiger partial charge in [-0.05, 0) is 36.0 Å². The summed E-state index contributed by atoms with van der Waals surface area (Å²) in [6, 6.07) is 2.72. The Morgan fingerprint density at radius 1 is 1.20 bits per heavy atom. The maximum absolute atomic E-state index is 13.1. The summed E-state index contributed by atoms with van der Waals surface area (Å²) in [6.07, 6.45) is 0.513. The number of benzene rings is 1. The minimum absolute atomic E-state index is 0.172. The van der Waals surface area contributed by atoms with E-state index in [-0.39, 0.29) is 11.8 Å². The van der Waals surface area contributed by atoms with Gasteiger partial charge in [-0.3, -0.25) is 4.79 Å². The minimum atomic E-state index is -0.906. The van der Waals surface area contributed by atoms with Crippen LogP contribution in [0.1, 0.15) is 38.7 Å². The molecule has 3 nitrogen and oxygen atoms in total. The molecule has 0 aliphatic carbocycles. The number of carboxylic acids is 1. The number of halogens is 2. The normalized spacial score (nSPS) is 14.3. The van der Waals surface area contributed by atoms with Crippen LogP contribution in [0.4, 0.5) is 8.78 Å². The zero-order valence-corrected chi connectivity index (χ0v) is 12.0. The zero-order valence-electron chi connectivity index (χ0n) is 12.0. The number of rotatable bonds is 7. The second-order valence-corrected chi connectivity index (χ2v) is 5.53. The molecule has 0 aromatic heterocycles. The fourth-order valence-corrected chi connectivity index (χ4v) is 2.04. The topological polar surface area (TPSA) is 49.3 Å². The molecule has 1 aromatic rings. The van der Waals surface area contributed by atoms with Crippen molar-refractivity contribution in [2.45, 2.75) is 39.2 Å². The highest BCUT2D eigenvalue weighted by atomic mass is 19.1. The summed E-state index contributed by atoms with van der Waals surface area (Å²) in [5.41, 5.74) is 0.517. The van der Waals surface area contributed by atoms with Crippen LogP contribution in [0.5, 0.6) is 0 Å². The molecule has 5 heteroatoms. The number of hydrogen-bond donors (Lipinski definition) is 2. The van der Waals surface area contributed by atoms with Gasteiger partial charge < -0.3 is 10.4 Å². The van der Waals surface area contributed by atoms with Gasteiger partial charge in [-0.1, -0.05) is 20.8 Å². The highest BCUT2D eigenvalue weighted by Gasteiger charge is 2.19. The molecule has 0 aliphatic rings. The zero-order chi connectivity index (χ0) is 15.3. The molecule has 0 saturated heterocycles. The lowest BCUT2D eigenvalue weighted by Crippen LogP contribution is -2.39. The van der Waals surface area contributed by atoms with E-state index < -0.39 is 23.6 Å². The minimum Gasteiger partial charge on any atom is -0.480 e. The molecule has 20 heavy (non-hydrogen) atoms. The number of nitrogens with one attached hydrogen (secondary N) is 1. The van der Waals surface area contributed by atoms with Crippen LogP contribution in [-0.2, 0) is 4.79 Å². The van der Waals surface area contributed by atoms with Crippen LogP contribution in [0, 0.1) is 17.6 Å². The highest BCUT2D eigenvalue weighted by molar-refractivity contribution is 5.73. The molecular weight excluding hydrogens is 264 g/mol. The smallest absolute Gasteiger partial charge is 0.320 e. The van der Waals surface area contributed by atoms with Gasteiger partial charge in [0.25, 0.3) is 0 Å². The van der Waals surface area contributed by atoms with Gasteiger partial charge in [-0.25, -0.2) is 8.78 Å². The summed E-state index contributed by atoms with van der Waals surface area (Å²) in [6.45, 7) is 6.05. The van der Waals surface area contributed by atoms with E-state index in [1.807, 2.05) is 13.8 Å². The molecule has 1 rings (SSSR count). The molecule has 0 fully saturated rings. The fraction of sp³-hybridized carbons (Fsp3) is 0.533. The molecule has 2 atom stereocenters. The van der Waals surface area contributed by atoms with Crippen LogP contribution < -0.4 is 5.32 Å². The molecule has 112 valence electrons. The van der Waals surface area contributed by atoms with E-state index in [0.29, 0.717) is 18.5 Å². The average Bonchev–Trinajstić information content (AvgIpc) is 2.32. The van der Waals surface area contributed by atoms with Gasteiger partial charge in [0.05, 0.1) is 0 Å². The molecule has 0 aliphatic heterocycles. The Labute approximate surface area is 118 Å². The van der Waals surface area contributed by atoms with Crippen LogP contribution in [0.25, 0.3) is 0 Å². The lowest BCUT2D eigenvalue weighted by Gasteiger charge is -2.19. The van der Waals surface area contributed by atoms with E-state index in [1.54, 1.807) is 6.92 Å². The van der Waals surface area contributed by atoms with Crippen molar-refractivity contribution in [3.8, 4) is 0 Å². The first-order valence-electron chi connectivity index (χ1n) is 6.71. The van der Waals surface area contributed by atoms with Crippen LogP contribution in [0.3, 0.4) is 0 Å². The first kappa shape index (κ1) is 16.6. The monoisotopic (exact) mass is 285 g/mol. The Balaban J connectivity index is 2.65. The molecule has 0 amide bonds. The van der Waals surface area contributed by atoms with Crippen molar-refractivity contribution in [3.05, 3.63) is 35.4 Å². The largest absolute Gasteiger partial charge is 0.480 e. The quantitative estimate of drug-likeness (QED) is 0.809. The molecular formula is C15H21F2NO2. The first-order chi connectivity index (χ1) is 9.29. The highest BCUT2D eigenvalue weighted by Crippen LogP contribution is 2.18. The van der Waals surface area contributed by atoms with Crippen molar-refractivity contribution in [3.63, 3.8) is 0 Å². The summed E-state index contributed by atoms with van der Waals surface area (Å²) in [4.78, 5) is 11.1. The lowest BCUT2D eigenvalue weighted by molar-refractivity contribution is -0.139.